The third-order valence-electron chi connectivity index (χ3n) is 2.95. The molecule has 6 heteroatoms. The maximum absolute atomic E-state index is 13.6. The Morgan fingerprint density at radius 2 is 1.86 bits per heavy atom. The third-order valence-corrected chi connectivity index (χ3v) is 3.50. The smallest absolute Gasteiger partial charge is 0.253 e. The lowest BCUT2D eigenvalue weighted by atomic mass is 10.1. The molecule has 1 amide bonds. The number of carbonyl (C=O) groups excluding carboxylic acids is 1. The van der Waals surface area contributed by atoms with Crippen LogP contribution in [0, 0.1) is 11.6 Å². The van der Waals surface area contributed by atoms with Crippen LogP contribution >= 0.6 is 23.2 Å². The van der Waals surface area contributed by atoms with Gasteiger partial charge in [0.25, 0.3) is 5.91 Å². The maximum Gasteiger partial charge on any atom is 0.253 e. The van der Waals surface area contributed by atoms with E-state index in [1.54, 1.807) is 6.92 Å². The van der Waals surface area contributed by atoms with Crippen LogP contribution in [0.5, 0.6) is 0 Å². The van der Waals surface area contributed by atoms with Gasteiger partial charge in [-0.05, 0) is 43.3 Å². The van der Waals surface area contributed by atoms with E-state index < -0.39 is 23.6 Å². The molecule has 0 aliphatic heterocycles. The summed E-state index contributed by atoms with van der Waals surface area (Å²) < 4.78 is 26.8. The second-order valence-corrected chi connectivity index (χ2v) is 5.33. The van der Waals surface area contributed by atoms with Gasteiger partial charge in [-0.3, -0.25) is 4.79 Å². The first-order chi connectivity index (χ1) is 9.88. The van der Waals surface area contributed by atoms with E-state index in [1.165, 1.54) is 18.2 Å². The van der Waals surface area contributed by atoms with Crippen molar-refractivity contribution in [2.45, 2.75) is 13.0 Å². The topological polar surface area (TPSA) is 29.1 Å². The number of nitrogens with one attached hydrogen (secondary N) is 1. The van der Waals surface area contributed by atoms with Crippen molar-refractivity contribution in [2.75, 3.05) is 0 Å². The maximum atomic E-state index is 13.6. The van der Waals surface area contributed by atoms with Gasteiger partial charge in [-0.15, -0.1) is 0 Å². The number of carbonyl (C=O) groups is 1. The highest BCUT2D eigenvalue weighted by atomic mass is 35.5. The fourth-order valence-electron chi connectivity index (χ4n) is 1.87. The molecule has 110 valence electrons. The highest BCUT2D eigenvalue weighted by Crippen LogP contribution is 2.23. The van der Waals surface area contributed by atoms with Crippen LogP contribution in [0.15, 0.2) is 36.4 Å². The summed E-state index contributed by atoms with van der Waals surface area (Å²) >= 11 is 11.7. The van der Waals surface area contributed by atoms with Crippen molar-refractivity contribution in [2.24, 2.45) is 0 Å². The Hall–Kier alpha value is -1.65. The van der Waals surface area contributed by atoms with Crippen LogP contribution in [0.2, 0.25) is 10.0 Å². The van der Waals surface area contributed by atoms with Crippen LogP contribution < -0.4 is 5.32 Å². The Morgan fingerprint density at radius 1 is 1.14 bits per heavy atom. The summed E-state index contributed by atoms with van der Waals surface area (Å²) in [6, 6.07) is 6.80. The molecule has 2 rings (SSSR count). The van der Waals surface area contributed by atoms with Crippen LogP contribution in [0.4, 0.5) is 8.78 Å². The van der Waals surface area contributed by atoms with Crippen molar-refractivity contribution >= 4 is 29.1 Å². The highest BCUT2D eigenvalue weighted by molar-refractivity contribution is 6.36. The molecule has 0 aliphatic carbocycles. The normalized spacial score (nSPS) is 12.0. The molecule has 0 bridgehead atoms. The molecule has 0 heterocycles. The van der Waals surface area contributed by atoms with E-state index in [4.69, 9.17) is 23.2 Å². The van der Waals surface area contributed by atoms with Crippen LogP contribution in [-0.2, 0) is 0 Å². The van der Waals surface area contributed by atoms with Gasteiger partial charge in [0, 0.05) is 10.6 Å². The molecule has 0 aromatic heterocycles. The van der Waals surface area contributed by atoms with Crippen molar-refractivity contribution in [3.05, 3.63) is 69.2 Å². The Balaban J connectivity index is 2.20. The molecule has 2 aromatic carbocycles. The van der Waals surface area contributed by atoms with E-state index in [9.17, 15) is 13.6 Å². The fraction of sp³-hybridized carbons (Fsp3) is 0.133. The van der Waals surface area contributed by atoms with Crippen molar-refractivity contribution < 1.29 is 13.6 Å². The van der Waals surface area contributed by atoms with Crippen LogP contribution in [0.25, 0.3) is 0 Å². The van der Waals surface area contributed by atoms with Gasteiger partial charge in [-0.2, -0.15) is 0 Å². The van der Waals surface area contributed by atoms with Gasteiger partial charge in [0.15, 0.2) is 0 Å². The first kappa shape index (κ1) is 15.7. The van der Waals surface area contributed by atoms with Gasteiger partial charge >= 0.3 is 0 Å². The average molecular weight is 330 g/mol. The van der Waals surface area contributed by atoms with Gasteiger partial charge < -0.3 is 5.32 Å². The molecule has 0 saturated carbocycles. The zero-order valence-corrected chi connectivity index (χ0v) is 12.5. The van der Waals surface area contributed by atoms with Crippen LogP contribution in [0.3, 0.4) is 0 Å². The van der Waals surface area contributed by atoms with Crippen molar-refractivity contribution in [3.8, 4) is 0 Å². The van der Waals surface area contributed by atoms with Gasteiger partial charge in [-0.1, -0.05) is 23.2 Å². The van der Waals surface area contributed by atoms with E-state index >= 15 is 0 Å². The van der Waals surface area contributed by atoms with E-state index in [2.05, 4.69) is 5.32 Å². The largest absolute Gasteiger partial charge is 0.345 e. The van der Waals surface area contributed by atoms with E-state index in [-0.39, 0.29) is 16.1 Å². The molecule has 2 aromatic rings. The quantitative estimate of drug-likeness (QED) is 0.863. The Labute approximate surface area is 130 Å². The molecule has 21 heavy (non-hydrogen) atoms. The number of hydrogen-bond acceptors (Lipinski definition) is 1. The SMILES string of the molecule is CC(NC(=O)c1ccc(Cl)cc1Cl)c1cc(F)ccc1F. The second kappa shape index (κ2) is 6.41. The van der Waals surface area contributed by atoms with E-state index in [1.807, 2.05) is 0 Å². The van der Waals surface area contributed by atoms with Crippen LogP contribution in [0.1, 0.15) is 28.9 Å². The zero-order chi connectivity index (χ0) is 15.6. The minimum Gasteiger partial charge on any atom is -0.345 e. The number of hydrogen-bond donors (Lipinski definition) is 1. The predicted molar refractivity (Wildman–Crippen MR) is 78.7 cm³/mol. The first-order valence-electron chi connectivity index (χ1n) is 6.09. The van der Waals surface area contributed by atoms with Gasteiger partial charge in [0.1, 0.15) is 11.6 Å². The monoisotopic (exact) mass is 329 g/mol. The lowest BCUT2D eigenvalue weighted by Crippen LogP contribution is -2.27. The Morgan fingerprint density at radius 3 is 2.52 bits per heavy atom. The fourth-order valence-corrected chi connectivity index (χ4v) is 2.37. The molecule has 0 saturated heterocycles. The molecule has 1 unspecified atom stereocenters. The minimum absolute atomic E-state index is 0.0634. The Kier molecular flexibility index (Phi) is 4.80. The summed E-state index contributed by atoms with van der Waals surface area (Å²) in [5, 5.41) is 3.16. The molecule has 1 atom stereocenters. The first-order valence-corrected chi connectivity index (χ1v) is 6.85. The average Bonchev–Trinajstić information content (AvgIpc) is 2.41. The molecule has 0 fully saturated rings. The zero-order valence-electron chi connectivity index (χ0n) is 11.0. The van der Waals surface area contributed by atoms with E-state index in [0.29, 0.717) is 5.02 Å². The predicted octanol–water partition coefficient (Wildman–Crippen LogP) is 4.76. The molecular formula is C15H11Cl2F2NO. The van der Waals surface area contributed by atoms with Gasteiger partial charge in [0.2, 0.25) is 0 Å². The highest BCUT2D eigenvalue weighted by Gasteiger charge is 2.17. The summed E-state index contributed by atoms with van der Waals surface area (Å²) in [6.45, 7) is 1.56. The summed E-state index contributed by atoms with van der Waals surface area (Å²) in [7, 11) is 0. The van der Waals surface area contributed by atoms with Crippen molar-refractivity contribution in [1.29, 1.82) is 0 Å². The molecule has 0 aliphatic rings. The molecule has 2 nitrogen and oxygen atoms in total. The number of halogens is 4. The summed E-state index contributed by atoms with van der Waals surface area (Å²) in [5.74, 6) is -1.66. The second-order valence-electron chi connectivity index (χ2n) is 4.49. The third kappa shape index (κ3) is 3.71. The number of amides is 1. The molecule has 0 spiro atoms. The molecule has 0 radical (unpaired) electrons. The summed E-state index contributed by atoms with van der Waals surface area (Å²) in [4.78, 5) is 12.1. The van der Waals surface area contributed by atoms with Gasteiger partial charge in [0.05, 0.1) is 16.6 Å². The van der Waals surface area contributed by atoms with Gasteiger partial charge in [-0.25, -0.2) is 8.78 Å². The minimum atomic E-state index is -0.708. The van der Waals surface area contributed by atoms with Crippen molar-refractivity contribution in [3.63, 3.8) is 0 Å². The lowest BCUT2D eigenvalue weighted by molar-refractivity contribution is 0.0939. The summed E-state index contributed by atoms with van der Waals surface area (Å²) in [5.41, 5.74) is 0.276. The lowest BCUT2D eigenvalue weighted by Gasteiger charge is -2.16. The molecular weight excluding hydrogens is 319 g/mol. The van der Waals surface area contributed by atoms with E-state index in [0.717, 1.165) is 18.2 Å². The number of benzene rings is 2. The standard InChI is InChI=1S/C15H11Cl2F2NO/c1-8(12-7-10(18)3-5-14(12)19)20-15(21)11-4-2-9(16)6-13(11)17/h2-8H,1H3,(H,20,21). The van der Waals surface area contributed by atoms with Crippen molar-refractivity contribution in [1.82, 2.24) is 5.32 Å². The summed E-state index contributed by atoms with van der Waals surface area (Å²) in [6.07, 6.45) is 0. The Bertz CT molecular complexity index is 691. The van der Waals surface area contributed by atoms with Crippen LogP contribution in [-0.4, -0.2) is 5.91 Å². The number of rotatable bonds is 3. The molecule has 1 N–H and O–H groups in total.